The van der Waals surface area contributed by atoms with Crippen molar-refractivity contribution >= 4 is 76.9 Å². The van der Waals surface area contributed by atoms with Crippen LogP contribution in [-0.4, -0.2) is 196 Å². The highest BCUT2D eigenvalue weighted by Crippen LogP contribution is 2.25. The van der Waals surface area contributed by atoms with Crippen LogP contribution in [0.1, 0.15) is 126 Å². The zero-order valence-corrected chi connectivity index (χ0v) is 53.1. The average molecular weight is 1280 g/mol. The molecule has 32 heteroatoms. The van der Waals surface area contributed by atoms with Gasteiger partial charge in [0.15, 0.2) is 24.2 Å². The number of aliphatic imine (C=N–C) groups is 1. The van der Waals surface area contributed by atoms with E-state index in [1.54, 1.807) is 41.5 Å². The van der Waals surface area contributed by atoms with E-state index in [1.165, 1.54) is 44.2 Å². The average Bonchev–Trinajstić information content (AvgIpc) is 1.47. The van der Waals surface area contributed by atoms with Crippen LogP contribution in [0.3, 0.4) is 0 Å². The summed E-state index contributed by atoms with van der Waals surface area (Å²) in [5, 5.41) is 68.0. The summed E-state index contributed by atoms with van der Waals surface area (Å²) in [5.74, 6) is -17.2. The minimum absolute atomic E-state index is 0.0466. The van der Waals surface area contributed by atoms with Gasteiger partial charge in [0.2, 0.25) is 65.0 Å². The first-order chi connectivity index (χ1) is 42.0. The number of carbonyl (C=O) groups excluding carboxylic acids is 12. The largest absolute Gasteiger partial charge is 0.453 e. The van der Waals surface area contributed by atoms with Crippen molar-refractivity contribution in [3.05, 3.63) is 35.9 Å². The molecule has 1 heterocycles. The minimum Gasteiger partial charge on any atom is -0.453 e. The van der Waals surface area contributed by atoms with Gasteiger partial charge < -0.3 is 101 Å². The number of amides is 11. The Hall–Kier alpha value is -8.07. The van der Waals surface area contributed by atoms with E-state index in [0.717, 1.165) is 6.92 Å². The van der Waals surface area contributed by atoms with Gasteiger partial charge in [-0.1, -0.05) is 106 Å². The van der Waals surface area contributed by atoms with Crippen molar-refractivity contribution in [2.45, 2.75) is 200 Å². The van der Waals surface area contributed by atoms with E-state index in [1.807, 2.05) is 24.5 Å². The smallest absolute Gasteiger partial charge is 0.331 e. The lowest BCUT2D eigenvalue weighted by Crippen LogP contribution is -2.64. The predicted octanol–water partition coefficient (Wildman–Crippen LogP) is -5.43. The molecule has 11 amide bonds. The highest BCUT2D eigenvalue weighted by atomic mass is 16.5. The van der Waals surface area contributed by atoms with Gasteiger partial charge in [0.1, 0.15) is 48.3 Å². The summed E-state index contributed by atoms with van der Waals surface area (Å²) in [5.41, 5.74) is 22.6. The number of aliphatic hydroxyl groups is 4. The SMILES string of the molecule is CC[C@H](C)[C@@H]1NC(=O)[C@@H](CCCN=C(N)N)NC(=O)[C@H](CC(C)C)NC(=O)C(C(O)C(C)C)NC(=O)[C@@H](NC(=O)[C@H](CC(C)C)NC(=O)[C@H](N)CC(C)C)[C@@H](c2ccccc2)OC(=O)[C@H](CO)NC(=O)C(C(O)C(N)=O)NC(=O)CNC(=O)[C@H]([C@H](C)O)NC1=O. The Labute approximate surface area is 523 Å². The van der Waals surface area contributed by atoms with E-state index in [2.05, 4.69) is 47.5 Å². The van der Waals surface area contributed by atoms with Gasteiger partial charge in [0.05, 0.1) is 31.4 Å². The topological polar surface area (TPSA) is 532 Å². The van der Waals surface area contributed by atoms with Crippen LogP contribution in [0, 0.1) is 29.6 Å². The molecule has 2 rings (SSSR count). The summed E-state index contributed by atoms with van der Waals surface area (Å²) in [6.07, 6.45) is -8.04. The Bertz CT molecular complexity index is 2640. The molecule has 506 valence electrons. The van der Waals surface area contributed by atoms with Gasteiger partial charge in [-0.3, -0.25) is 57.7 Å². The first kappa shape index (κ1) is 78.0. The number of aliphatic hydroxyl groups excluding tert-OH is 4. The molecule has 0 radical (unpaired) electrons. The summed E-state index contributed by atoms with van der Waals surface area (Å²) >= 11 is 0. The van der Waals surface area contributed by atoms with Crippen LogP contribution >= 0.6 is 0 Å². The van der Waals surface area contributed by atoms with E-state index < -0.39 is 181 Å². The fourth-order valence-electron chi connectivity index (χ4n) is 9.25. The highest BCUT2D eigenvalue weighted by Gasteiger charge is 2.44. The molecule has 0 saturated carbocycles. The molecule has 1 fully saturated rings. The molecule has 1 aliphatic heterocycles. The van der Waals surface area contributed by atoms with Crippen LogP contribution in [0.4, 0.5) is 0 Å². The maximum absolute atomic E-state index is 15.3. The predicted molar refractivity (Wildman–Crippen MR) is 326 cm³/mol. The molecule has 0 spiro atoms. The van der Waals surface area contributed by atoms with Gasteiger partial charge in [-0.15, -0.1) is 0 Å². The number of nitrogens with two attached hydrogens (primary N) is 4. The fraction of sp³-hybridized carbons (Fsp3) is 0.672. The number of rotatable bonds is 23. The Morgan fingerprint density at radius 1 is 0.644 bits per heavy atom. The van der Waals surface area contributed by atoms with E-state index in [4.69, 9.17) is 27.7 Å². The minimum atomic E-state index is -2.57. The molecular formula is C58H97N15O17. The third-order valence-corrected chi connectivity index (χ3v) is 14.4. The van der Waals surface area contributed by atoms with Gasteiger partial charge in [-0.2, -0.15) is 0 Å². The molecule has 1 aromatic rings. The summed E-state index contributed by atoms with van der Waals surface area (Å²) in [4.78, 5) is 174. The van der Waals surface area contributed by atoms with Crippen molar-refractivity contribution in [3.63, 3.8) is 0 Å². The van der Waals surface area contributed by atoms with Gasteiger partial charge in [0, 0.05) is 6.54 Å². The number of esters is 1. The van der Waals surface area contributed by atoms with Crippen molar-refractivity contribution in [2.24, 2.45) is 57.5 Å². The Morgan fingerprint density at radius 2 is 1.19 bits per heavy atom. The molecule has 1 saturated heterocycles. The summed E-state index contributed by atoms with van der Waals surface area (Å²) in [6.45, 7) is 15.3. The van der Waals surface area contributed by atoms with Crippen LogP contribution < -0.4 is 76.1 Å². The van der Waals surface area contributed by atoms with Crippen LogP contribution in [0.5, 0.6) is 0 Å². The Morgan fingerprint density at radius 3 is 1.72 bits per heavy atom. The second kappa shape index (κ2) is 37.8. The van der Waals surface area contributed by atoms with Crippen molar-refractivity contribution < 1.29 is 82.7 Å². The molecule has 90 heavy (non-hydrogen) atoms. The van der Waals surface area contributed by atoms with Crippen LogP contribution in [-0.2, 0) is 62.3 Å². The number of carbonyl (C=O) groups is 12. The number of guanidine groups is 1. The summed E-state index contributed by atoms with van der Waals surface area (Å²) in [7, 11) is 0. The summed E-state index contributed by atoms with van der Waals surface area (Å²) in [6, 6.07) is -10.7. The molecule has 4 unspecified atom stereocenters. The number of nitrogens with zero attached hydrogens (tertiary/aromatic N) is 1. The van der Waals surface area contributed by atoms with E-state index in [0.29, 0.717) is 0 Å². The van der Waals surface area contributed by atoms with Crippen molar-refractivity contribution in [3.8, 4) is 0 Å². The van der Waals surface area contributed by atoms with Crippen molar-refractivity contribution in [1.29, 1.82) is 0 Å². The Kier molecular flexibility index (Phi) is 32.8. The third-order valence-electron chi connectivity index (χ3n) is 14.4. The van der Waals surface area contributed by atoms with Crippen molar-refractivity contribution in [2.75, 3.05) is 19.7 Å². The van der Waals surface area contributed by atoms with E-state index in [-0.39, 0.29) is 74.3 Å². The number of hydrogen-bond acceptors (Lipinski definition) is 19. The molecule has 15 atom stereocenters. The molecule has 1 aliphatic rings. The monoisotopic (exact) mass is 1280 g/mol. The zero-order valence-electron chi connectivity index (χ0n) is 53.1. The van der Waals surface area contributed by atoms with Gasteiger partial charge in [-0.05, 0) is 74.2 Å². The lowest BCUT2D eigenvalue weighted by molar-refractivity contribution is -0.159. The molecular weight excluding hydrogens is 1180 g/mol. The van der Waals surface area contributed by atoms with Crippen molar-refractivity contribution in [1.82, 2.24) is 53.2 Å². The standard InChI is InChI=1S/C58H97N15O17/c1-12-30(10)39-53(85)71-40(31(11)75)52(84)64-24-38(76)69-42(45(78)47(60)79)55(87)68-37(25-74)57(89)90-46(32-17-14-13-15-18-32)43(73-51(83)36(23-28(6)7)66-48(80)33(59)21-26(2)3)56(88)72-41(44(77)29(8)9)54(86)67-35(22-27(4)5)50(82)65-34(49(81)70-39)19-16-20-63-58(61)62/h13-15,17-18,26-31,33-37,39-46,74-75,77-78H,12,16,19-25,59H2,1-11H3,(H2,60,79)(H,64,84)(H,65,82)(H,66,80)(H,67,86)(H,68,87)(H,69,76)(H,70,81)(H,71,85)(H,72,88)(H,73,83)(H4,61,62,63)/t30-,31-,33+,34+,35-,36-,37-,39-,40-,41?,42?,43-,44?,45?,46+/m0/s1. The molecule has 0 aliphatic carbocycles. The number of cyclic esters (lactones) is 1. The number of benzene rings is 1. The number of primary amides is 1. The quantitative estimate of drug-likeness (QED) is 0.0210. The molecule has 0 bridgehead atoms. The summed E-state index contributed by atoms with van der Waals surface area (Å²) < 4.78 is 5.92. The zero-order chi connectivity index (χ0) is 68.4. The fourth-order valence-corrected chi connectivity index (χ4v) is 9.25. The third kappa shape index (κ3) is 25.4. The first-order valence-corrected chi connectivity index (χ1v) is 30.1. The van der Waals surface area contributed by atoms with Gasteiger partial charge in [-0.25, -0.2) is 4.79 Å². The van der Waals surface area contributed by atoms with Gasteiger partial charge >= 0.3 is 5.97 Å². The Balaban J connectivity index is 3.13. The maximum Gasteiger partial charge on any atom is 0.331 e. The second-order valence-corrected chi connectivity index (χ2v) is 24.1. The molecule has 22 N–H and O–H groups in total. The molecule has 1 aromatic carbocycles. The van der Waals surface area contributed by atoms with Crippen LogP contribution in [0.2, 0.25) is 0 Å². The van der Waals surface area contributed by atoms with E-state index in [9.17, 15) is 73.2 Å². The maximum atomic E-state index is 15.3. The van der Waals surface area contributed by atoms with E-state index >= 15 is 4.79 Å². The number of hydrogen-bond donors (Lipinski definition) is 18. The number of ether oxygens (including phenoxy) is 1. The highest BCUT2D eigenvalue weighted by molar-refractivity contribution is 6.00. The van der Waals surface area contributed by atoms with Gasteiger partial charge in [0.25, 0.3) is 0 Å². The number of nitrogens with one attached hydrogen (secondary N) is 10. The molecule has 0 aromatic heterocycles. The van der Waals surface area contributed by atoms with Crippen LogP contribution in [0.25, 0.3) is 0 Å². The first-order valence-electron chi connectivity index (χ1n) is 30.1. The lowest BCUT2D eigenvalue weighted by Gasteiger charge is -2.34. The molecule has 32 nitrogen and oxygen atoms in total. The normalized spacial score (nSPS) is 24.7. The van der Waals surface area contributed by atoms with Crippen LogP contribution in [0.15, 0.2) is 35.3 Å². The second-order valence-electron chi connectivity index (χ2n) is 24.1. The lowest BCUT2D eigenvalue weighted by atomic mass is 9.95.